The predicted octanol–water partition coefficient (Wildman–Crippen LogP) is 1.25. The molecule has 0 aromatic heterocycles. The number of likely N-dealkylation sites (tertiary alicyclic amines) is 1. The van der Waals surface area contributed by atoms with Crippen LogP contribution in [0, 0.1) is 5.82 Å². The smallest absolute Gasteiger partial charge is 0.326 e. The molecule has 0 unspecified atom stereocenters. The van der Waals surface area contributed by atoms with Gasteiger partial charge in [-0.3, -0.25) is 4.79 Å². The molecule has 1 aliphatic rings. The highest BCUT2D eigenvalue weighted by Crippen LogP contribution is 2.23. The van der Waals surface area contributed by atoms with Gasteiger partial charge in [-0.25, -0.2) is 9.18 Å². The fraction of sp³-hybridized carbons (Fsp3) is 0.333. The minimum Gasteiger partial charge on any atom is -0.480 e. The van der Waals surface area contributed by atoms with Crippen LogP contribution in [0.15, 0.2) is 22.7 Å². The van der Waals surface area contributed by atoms with E-state index in [1.165, 1.54) is 12.1 Å². The fourth-order valence-electron chi connectivity index (χ4n) is 2.07. The maximum absolute atomic E-state index is 13.4. The lowest BCUT2D eigenvalue weighted by Gasteiger charge is -2.21. The van der Waals surface area contributed by atoms with Crippen LogP contribution >= 0.6 is 15.9 Å². The Morgan fingerprint density at radius 1 is 1.42 bits per heavy atom. The van der Waals surface area contributed by atoms with Crippen LogP contribution in [-0.2, 0) is 4.79 Å². The van der Waals surface area contributed by atoms with E-state index in [9.17, 15) is 19.1 Å². The number of β-amino-alcohol motifs (C(OH)–C–C–N with tert-alkyl or cyclic N) is 1. The topological polar surface area (TPSA) is 77.8 Å². The van der Waals surface area contributed by atoms with Crippen LogP contribution in [-0.4, -0.2) is 45.7 Å². The minimum atomic E-state index is -1.18. The van der Waals surface area contributed by atoms with E-state index in [1.54, 1.807) is 0 Å². The average molecular weight is 332 g/mol. The lowest BCUT2D eigenvalue weighted by Crippen LogP contribution is -2.40. The summed E-state index contributed by atoms with van der Waals surface area (Å²) in [5, 5.41) is 18.5. The first-order chi connectivity index (χ1) is 8.90. The fourth-order valence-corrected chi connectivity index (χ4v) is 2.31. The van der Waals surface area contributed by atoms with E-state index >= 15 is 0 Å². The van der Waals surface area contributed by atoms with Crippen molar-refractivity contribution in [2.75, 3.05) is 6.54 Å². The van der Waals surface area contributed by atoms with E-state index in [0.29, 0.717) is 0 Å². The Morgan fingerprint density at radius 2 is 2.11 bits per heavy atom. The van der Waals surface area contributed by atoms with Crippen molar-refractivity contribution >= 4 is 27.8 Å². The van der Waals surface area contributed by atoms with Gasteiger partial charge in [0.05, 0.1) is 10.6 Å². The summed E-state index contributed by atoms with van der Waals surface area (Å²) in [7, 11) is 0. The Kier molecular flexibility index (Phi) is 3.86. The number of amides is 1. The molecule has 2 N–H and O–H groups in total. The van der Waals surface area contributed by atoms with Crippen LogP contribution in [0.4, 0.5) is 4.39 Å². The largest absolute Gasteiger partial charge is 0.480 e. The number of carboxylic acid groups (broad SMARTS) is 1. The second-order valence-electron chi connectivity index (χ2n) is 4.33. The molecule has 19 heavy (non-hydrogen) atoms. The van der Waals surface area contributed by atoms with Crippen LogP contribution < -0.4 is 0 Å². The zero-order valence-corrected chi connectivity index (χ0v) is 11.3. The second-order valence-corrected chi connectivity index (χ2v) is 5.18. The maximum Gasteiger partial charge on any atom is 0.326 e. The maximum atomic E-state index is 13.4. The molecular formula is C12H11BrFNO4. The van der Waals surface area contributed by atoms with E-state index in [-0.39, 0.29) is 23.0 Å². The van der Waals surface area contributed by atoms with Gasteiger partial charge in [-0.1, -0.05) is 0 Å². The van der Waals surface area contributed by atoms with Crippen molar-refractivity contribution in [2.45, 2.75) is 18.6 Å². The summed E-state index contributed by atoms with van der Waals surface area (Å²) in [5.74, 6) is -2.38. The third-order valence-electron chi connectivity index (χ3n) is 2.99. The van der Waals surface area contributed by atoms with Gasteiger partial charge in [-0.15, -0.1) is 0 Å². The van der Waals surface area contributed by atoms with Gasteiger partial charge in [-0.05, 0) is 34.1 Å². The first kappa shape index (κ1) is 14.0. The number of aliphatic hydroxyl groups excluding tert-OH is 1. The number of carboxylic acids is 1. The average Bonchev–Trinajstić information content (AvgIpc) is 2.74. The molecule has 2 atom stereocenters. The molecule has 1 amide bonds. The number of hydrogen-bond donors (Lipinski definition) is 2. The highest BCUT2D eigenvalue weighted by atomic mass is 79.9. The standard InChI is InChI=1S/C12H11BrFNO4/c13-8-2-1-6(3-9(8)14)11(17)15-5-7(16)4-10(15)12(18)19/h1-3,7,10,16H,4-5H2,(H,18,19)/t7-,10+/m1/s1. The highest BCUT2D eigenvalue weighted by Gasteiger charge is 2.39. The monoisotopic (exact) mass is 331 g/mol. The van der Waals surface area contributed by atoms with Gasteiger partial charge in [0.15, 0.2) is 0 Å². The molecule has 0 saturated carbocycles. The molecule has 1 aromatic carbocycles. The first-order valence-electron chi connectivity index (χ1n) is 5.57. The molecule has 1 saturated heterocycles. The lowest BCUT2D eigenvalue weighted by molar-refractivity contribution is -0.141. The van der Waals surface area contributed by atoms with Gasteiger partial charge < -0.3 is 15.1 Å². The summed E-state index contributed by atoms with van der Waals surface area (Å²) in [6.45, 7) is -0.0620. The van der Waals surface area contributed by atoms with E-state index < -0.39 is 29.8 Å². The number of aliphatic hydroxyl groups is 1. The van der Waals surface area contributed by atoms with Crippen molar-refractivity contribution in [3.8, 4) is 0 Å². The van der Waals surface area contributed by atoms with E-state index in [1.807, 2.05) is 0 Å². The van der Waals surface area contributed by atoms with Gasteiger partial charge in [-0.2, -0.15) is 0 Å². The number of hydrogen-bond acceptors (Lipinski definition) is 3. The second kappa shape index (κ2) is 5.26. The van der Waals surface area contributed by atoms with Crippen molar-refractivity contribution in [3.05, 3.63) is 34.1 Å². The zero-order chi connectivity index (χ0) is 14.2. The summed E-state index contributed by atoms with van der Waals surface area (Å²) >= 11 is 2.97. The molecule has 1 heterocycles. The van der Waals surface area contributed by atoms with Crippen molar-refractivity contribution in [3.63, 3.8) is 0 Å². The molecule has 1 aliphatic heterocycles. The van der Waals surface area contributed by atoms with E-state index in [4.69, 9.17) is 5.11 Å². The molecule has 7 heteroatoms. The summed E-state index contributed by atoms with van der Waals surface area (Å²) in [6.07, 6.45) is -0.884. The number of aliphatic carboxylic acids is 1. The lowest BCUT2D eigenvalue weighted by atomic mass is 10.1. The predicted molar refractivity (Wildman–Crippen MR) is 67.2 cm³/mol. The zero-order valence-electron chi connectivity index (χ0n) is 9.72. The molecule has 0 bridgehead atoms. The van der Waals surface area contributed by atoms with Crippen LogP contribution in [0.2, 0.25) is 0 Å². The molecule has 102 valence electrons. The highest BCUT2D eigenvalue weighted by molar-refractivity contribution is 9.10. The third kappa shape index (κ3) is 2.76. The SMILES string of the molecule is O=C(O)[C@@H]1C[C@@H](O)CN1C(=O)c1ccc(Br)c(F)c1. The van der Waals surface area contributed by atoms with Crippen molar-refractivity contribution in [1.82, 2.24) is 4.90 Å². The number of rotatable bonds is 2. The third-order valence-corrected chi connectivity index (χ3v) is 3.63. The normalized spacial score (nSPS) is 22.6. The quantitative estimate of drug-likeness (QED) is 0.854. The molecule has 0 radical (unpaired) electrons. The molecule has 0 aliphatic carbocycles. The van der Waals surface area contributed by atoms with Crippen molar-refractivity contribution in [1.29, 1.82) is 0 Å². The van der Waals surface area contributed by atoms with Crippen LogP contribution in [0.1, 0.15) is 16.8 Å². The Labute approximate surface area is 116 Å². The molecule has 0 spiro atoms. The molecule has 1 fully saturated rings. The summed E-state index contributed by atoms with van der Waals surface area (Å²) in [5.41, 5.74) is 0.0565. The number of nitrogens with zero attached hydrogens (tertiary/aromatic N) is 1. The molecule has 5 nitrogen and oxygen atoms in total. The first-order valence-corrected chi connectivity index (χ1v) is 6.36. The van der Waals surface area contributed by atoms with Crippen LogP contribution in [0.5, 0.6) is 0 Å². The van der Waals surface area contributed by atoms with Gasteiger partial charge >= 0.3 is 5.97 Å². The Balaban J connectivity index is 2.27. The Hall–Kier alpha value is -1.47. The minimum absolute atomic E-state index is 0.0138. The number of carbonyl (C=O) groups excluding carboxylic acids is 1. The van der Waals surface area contributed by atoms with Crippen molar-refractivity contribution in [2.24, 2.45) is 0 Å². The Morgan fingerprint density at radius 3 is 2.68 bits per heavy atom. The van der Waals surface area contributed by atoms with Gasteiger partial charge in [0.1, 0.15) is 11.9 Å². The summed E-state index contributed by atoms with van der Waals surface area (Å²) < 4.78 is 13.6. The molecule has 2 rings (SSSR count). The summed E-state index contributed by atoms with van der Waals surface area (Å²) in [4.78, 5) is 24.2. The van der Waals surface area contributed by atoms with Gasteiger partial charge in [0.2, 0.25) is 0 Å². The number of carbonyl (C=O) groups is 2. The van der Waals surface area contributed by atoms with Crippen LogP contribution in [0.3, 0.4) is 0 Å². The van der Waals surface area contributed by atoms with Gasteiger partial charge in [0, 0.05) is 18.5 Å². The van der Waals surface area contributed by atoms with Crippen LogP contribution in [0.25, 0.3) is 0 Å². The van der Waals surface area contributed by atoms with Crippen molar-refractivity contribution < 1.29 is 24.2 Å². The number of halogens is 2. The van der Waals surface area contributed by atoms with E-state index in [2.05, 4.69) is 15.9 Å². The molecule has 1 aromatic rings. The Bertz CT molecular complexity index is 536. The number of benzene rings is 1. The molecular weight excluding hydrogens is 321 g/mol. The van der Waals surface area contributed by atoms with Gasteiger partial charge in [0.25, 0.3) is 5.91 Å². The summed E-state index contributed by atoms with van der Waals surface area (Å²) in [6, 6.07) is 2.74. The van der Waals surface area contributed by atoms with E-state index in [0.717, 1.165) is 11.0 Å².